The topological polar surface area (TPSA) is 61.8 Å². The third kappa shape index (κ3) is 7.68. The average molecular weight is 294 g/mol. The number of nitrogens with zero attached hydrogens (tertiary/aromatic N) is 1. The van der Waals surface area contributed by atoms with Gasteiger partial charge in [-0.15, -0.1) is 0 Å². The molecule has 0 bridgehead atoms. The van der Waals surface area contributed by atoms with Crippen molar-refractivity contribution < 1.29 is 14.6 Å². The molecule has 0 aliphatic rings. The minimum atomic E-state index is -0.0155. The fourth-order valence-corrected chi connectivity index (χ4v) is 1.91. The normalized spacial score (nSPS) is 10.9. The number of hydrogen-bond acceptors (Lipinski definition) is 4. The molecule has 0 atom stereocenters. The summed E-state index contributed by atoms with van der Waals surface area (Å²) in [7, 11) is 0. The molecule has 0 fully saturated rings. The molecule has 1 rings (SSSR count). The standard InChI is InChI=1S/C16H26N2O3/c1-14(2)18(10-6-11-19)13-16(20)17-9-12-21-15-7-4-3-5-8-15/h3-5,7-8,14,19H,6,9-13H2,1-2H3,(H,17,20). The van der Waals surface area contributed by atoms with Crippen LogP contribution in [-0.4, -0.2) is 54.8 Å². The van der Waals surface area contributed by atoms with Crippen LogP contribution in [0.4, 0.5) is 0 Å². The highest BCUT2D eigenvalue weighted by atomic mass is 16.5. The van der Waals surface area contributed by atoms with E-state index in [1.807, 2.05) is 49.1 Å². The summed E-state index contributed by atoms with van der Waals surface area (Å²) in [6.07, 6.45) is 0.683. The lowest BCUT2D eigenvalue weighted by molar-refractivity contribution is -0.122. The third-order valence-corrected chi connectivity index (χ3v) is 3.12. The van der Waals surface area contributed by atoms with Gasteiger partial charge < -0.3 is 15.2 Å². The third-order valence-electron chi connectivity index (χ3n) is 3.12. The number of aliphatic hydroxyl groups excluding tert-OH is 1. The maximum Gasteiger partial charge on any atom is 0.234 e. The van der Waals surface area contributed by atoms with E-state index < -0.39 is 0 Å². The van der Waals surface area contributed by atoms with Crippen LogP contribution >= 0.6 is 0 Å². The number of para-hydroxylation sites is 1. The molecule has 5 heteroatoms. The van der Waals surface area contributed by atoms with Gasteiger partial charge in [0.1, 0.15) is 12.4 Å². The number of nitrogens with one attached hydrogen (secondary N) is 1. The monoisotopic (exact) mass is 294 g/mol. The van der Waals surface area contributed by atoms with E-state index in [4.69, 9.17) is 9.84 Å². The van der Waals surface area contributed by atoms with Crippen molar-refractivity contribution in [1.82, 2.24) is 10.2 Å². The van der Waals surface area contributed by atoms with E-state index >= 15 is 0 Å². The number of benzene rings is 1. The first-order valence-electron chi connectivity index (χ1n) is 7.43. The summed E-state index contributed by atoms with van der Waals surface area (Å²) in [5.41, 5.74) is 0. The first-order valence-corrected chi connectivity index (χ1v) is 7.43. The maximum absolute atomic E-state index is 11.9. The molecule has 0 heterocycles. The Bertz CT molecular complexity index is 396. The first kappa shape index (κ1) is 17.5. The van der Waals surface area contributed by atoms with E-state index in [9.17, 15) is 4.79 Å². The summed E-state index contributed by atoms with van der Waals surface area (Å²) in [6.45, 7) is 6.25. The number of rotatable bonds is 10. The van der Waals surface area contributed by atoms with Crippen LogP contribution in [-0.2, 0) is 4.79 Å². The smallest absolute Gasteiger partial charge is 0.234 e. The minimum absolute atomic E-state index is 0.0155. The zero-order valence-corrected chi connectivity index (χ0v) is 12.9. The zero-order valence-electron chi connectivity index (χ0n) is 12.9. The van der Waals surface area contributed by atoms with Gasteiger partial charge in [0.05, 0.1) is 13.1 Å². The predicted octanol–water partition coefficient (Wildman–Crippen LogP) is 1.27. The van der Waals surface area contributed by atoms with E-state index in [1.165, 1.54) is 0 Å². The van der Waals surface area contributed by atoms with Gasteiger partial charge in [-0.1, -0.05) is 18.2 Å². The fourth-order valence-electron chi connectivity index (χ4n) is 1.91. The summed E-state index contributed by atoms with van der Waals surface area (Å²) < 4.78 is 5.51. The Balaban J connectivity index is 2.20. The van der Waals surface area contributed by atoms with Crippen LogP contribution < -0.4 is 10.1 Å². The minimum Gasteiger partial charge on any atom is -0.492 e. The number of aliphatic hydroxyl groups is 1. The molecule has 0 radical (unpaired) electrons. The summed E-state index contributed by atoms with van der Waals surface area (Å²) in [5.74, 6) is 0.789. The van der Waals surface area contributed by atoms with Crippen molar-refractivity contribution in [2.24, 2.45) is 0 Å². The van der Waals surface area contributed by atoms with Gasteiger partial charge in [0.15, 0.2) is 0 Å². The van der Waals surface area contributed by atoms with Crippen LogP contribution in [0.2, 0.25) is 0 Å². The highest BCUT2D eigenvalue weighted by Crippen LogP contribution is 2.07. The van der Waals surface area contributed by atoms with E-state index in [1.54, 1.807) is 0 Å². The number of carbonyl (C=O) groups is 1. The van der Waals surface area contributed by atoms with Gasteiger partial charge in [0, 0.05) is 19.2 Å². The van der Waals surface area contributed by atoms with Crippen LogP contribution in [0, 0.1) is 0 Å². The Morgan fingerprint density at radius 1 is 1.33 bits per heavy atom. The molecule has 1 amide bonds. The molecule has 2 N–H and O–H groups in total. The Morgan fingerprint density at radius 3 is 2.67 bits per heavy atom. The maximum atomic E-state index is 11.9. The number of ether oxygens (including phenoxy) is 1. The summed E-state index contributed by atoms with van der Waals surface area (Å²) in [5, 5.41) is 11.7. The highest BCUT2D eigenvalue weighted by molar-refractivity contribution is 5.78. The second-order valence-electron chi connectivity index (χ2n) is 5.15. The van der Waals surface area contributed by atoms with Crippen LogP contribution in [0.15, 0.2) is 30.3 Å². The molecule has 118 valence electrons. The van der Waals surface area contributed by atoms with Crippen molar-refractivity contribution in [3.63, 3.8) is 0 Å². The molecule has 5 nitrogen and oxygen atoms in total. The molecule has 1 aromatic carbocycles. The summed E-state index contributed by atoms with van der Waals surface area (Å²) >= 11 is 0. The quantitative estimate of drug-likeness (QED) is 0.638. The molecule has 0 saturated carbocycles. The van der Waals surface area contributed by atoms with E-state index in [0.29, 0.717) is 26.1 Å². The highest BCUT2D eigenvalue weighted by Gasteiger charge is 2.13. The van der Waals surface area contributed by atoms with Gasteiger partial charge >= 0.3 is 0 Å². The van der Waals surface area contributed by atoms with Gasteiger partial charge in [0.2, 0.25) is 5.91 Å². The zero-order chi connectivity index (χ0) is 15.5. The molecule has 0 unspecified atom stereocenters. The SMILES string of the molecule is CC(C)N(CCCO)CC(=O)NCCOc1ccccc1. The van der Waals surface area contributed by atoms with Gasteiger partial charge in [-0.2, -0.15) is 0 Å². The Kier molecular flexibility index (Phi) is 8.47. The molecule has 0 aliphatic carbocycles. The van der Waals surface area contributed by atoms with Gasteiger partial charge in [-0.3, -0.25) is 9.69 Å². The first-order chi connectivity index (χ1) is 10.1. The Labute approximate surface area is 126 Å². The van der Waals surface area contributed by atoms with Crippen LogP contribution in [0.1, 0.15) is 20.3 Å². The predicted molar refractivity (Wildman–Crippen MR) is 83.4 cm³/mol. The lowest BCUT2D eigenvalue weighted by atomic mass is 10.3. The average Bonchev–Trinajstić information content (AvgIpc) is 2.48. The lowest BCUT2D eigenvalue weighted by Crippen LogP contribution is -2.42. The molecule has 1 aromatic rings. The molecule has 0 aliphatic heterocycles. The summed E-state index contributed by atoms with van der Waals surface area (Å²) in [6, 6.07) is 9.81. The van der Waals surface area contributed by atoms with E-state index in [-0.39, 0.29) is 18.6 Å². The molecular weight excluding hydrogens is 268 g/mol. The van der Waals surface area contributed by atoms with Gasteiger partial charge in [-0.05, 0) is 32.4 Å². The molecule has 0 saturated heterocycles. The van der Waals surface area contributed by atoms with Crippen molar-refractivity contribution >= 4 is 5.91 Å². The largest absolute Gasteiger partial charge is 0.492 e. The number of amides is 1. The van der Waals surface area contributed by atoms with Crippen molar-refractivity contribution in [2.75, 3.05) is 32.8 Å². The second kappa shape index (κ2) is 10.2. The van der Waals surface area contributed by atoms with Crippen LogP contribution in [0.3, 0.4) is 0 Å². The van der Waals surface area contributed by atoms with Crippen molar-refractivity contribution in [1.29, 1.82) is 0 Å². The van der Waals surface area contributed by atoms with Crippen LogP contribution in [0.25, 0.3) is 0 Å². The fraction of sp³-hybridized carbons (Fsp3) is 0.562. The van der Waals surface area contributed by atoms with Crippen molar-refractivity contribution in [2.45, 2.75) is 26.3 Å². The second-order valence-corrected chi connectivity index (χ2v) is 5.15. The van der Waals surface area contributed by atoms with Crippen molar-refractivity contribution in [3.8, 4) is 5.75 Å². The van der Waals surface area contributed by atoms with E-state index in [0.717, 1.165) is 12.3 Å². The Hall–Kier alpha value is -1.59. The summed E-state index contributed by atoms with van der Waals surface area (Å²) in [4.78, 5) is 13.9. The Morgan fingerprint density at radius 2 is 2.05 bits per heavy atom. The number of carbonyl (C=O) groups excluding carboxylic acids is 1. The molecular formula is C16H26N2O3. The lowest BCUT2D eigenvalue weighted by Gasteiger charge is -2.25. The van der Waals surface area contributed by atoms with Gasteiger partial charge in [0.25, 0.3) is 0 Å². The molecule has 0 spiro atoms. The molecule has 21 heavy (non-hydrogen) atoms. The van der Waals surface area contributed by atoms with Crippen LogP contribution in [0.5, 0.6) is 5.75 Å². The number of hydrogen-bond donors (Lipinski definition) is 2. The van der Waals surface area contributed by atoms with Gasteiger partial charge in [-0.25, -0.2) is 0 Å². The van der Waals surface area contributed by atoms with E-state index in [2.05, 4.69) is 5.32 Å². The molecule has 0 aromatic heterocycles. The van der Waals surface area contributed by atoms with Crippen molar-refractivity contribution in [3.05, 3.63) is 30.3 Å².